The first-order valence-corrected chi connectivity index (χ1v) is 10.0. The van der Waals surface area contributed by atoms with Gasteiger partial charge in [-0.25, -0.2) is 14.6 Å². The molecule has 1 aliphatic rings. The van der Waals surface area contributed by atoms with Crippen molar-refractivity contribution in [2.75, 3.05) is 19.0 Å². The average Bonchev–Trinajstić information content (AvgIpc) is 3.25. The highest BCUT2D eigenvalue weighted by Gasteiger charge is 2.32. The fraction of sp³-hybridized carbons (Fsp3) is 0.429. The summed E-state index contributed by atoms with van der Waals surface area (Å²) in [5.74, 6) is 1.29. The van der Waals surface area contributed by atoms with Gasteiger partial charge in [-0.15, -0.1) is 0 Å². The van der Waals surface area contributed by atoms with Crippen molar-refractivity contribution < 1.29 is 4.74 Å². The normalized spacial score (nSPS) is 19.0. The van der Waals surface area contributed by atoms with Gasteiger partial charge in [0, 0.05) is 38.5 Å². The quantitative estimate of drug-likeness (QED) is 0.538. The molecule has 4 heterocycles. The van der Waals surface area contributed by atoms with E-state index in [2.05, 4.69) is 26.9 Å². The van der Waals surface area contributed by atoms with Crippen LogP contribution in [0.15, 0.2) is 30.9 Å². The summed E-state index contributed by atoms with van der Waals surface area (Å²) in [5.41, 5.74) is 4.85. The Kier molecular flexibility index (Phi) is 4.43. The highest BCUT2D eigenvalue weighted by Crippen LogP contribution is 2.41. The molecule has 1 saturated carbocycles. The number of nitrogens with zero attached hydrogens (tertiary/aromatic N) is 6. The minimum absolute atomic E-state index is 0.403. The van der Waals surface area contributed by atoms with Crippen LogP contribution in [-0.4, -0.2) is 42.8 Å². The van der Waals surface area contributed by atoms with Crippen molar-refractivity contribution in [1.29, 1.82) is 0 Å². The van der Waals surface area contributed by atoms with Crippen molar-refractivity contribution in [3.8, 4) is 0 Å². The van der Waals surface area contributed by atoms with E-state index in [0.717, 1.165) is 59.5 Å². The van der Waals surface area contributed by atoms with Crippen LogP contribution in [0.5, 0.6) is 0 Å². The number of aryl methyl sites for hydroxylation is 2. The van der Waals surface area contributed by atoms with Gasteiger partial charge in [-0.1, -0.05) is 0 Å². The van der Waals surface area contributed by atoms with Crippen LogP contribution < -0.4 is 5.32 Å². The molecule has 0 atom stereocenters. The van der Waals surface area contributed by atoms with Crippen molar-refractivity contribution in [2.45, 2.75) is 39.2 Å². The number of hydrogen-bond donors (Lipinski definition) is 1. The van der Waals surface area contributed by atoms with Gasteiger partial charge in [-0.05, 0) is 50.7 Å². The standard InChI is InChI=1S/C21H25N7O/c1-13-8-19-22-5-6-27(19)12-18(13)24-21-23-11-17-14(2)26-28(20(17)25-21)16-9-15(10-16)4-7-29-3/h5-6,8,11-12,15-16H,4,7,9-10H2,1-3H3,(H,23,24,25). The summed E-state index contributed by atoms with van der Waals surface area (Å²) in [4.78, 5) is 13.7. The maximum absolute atomic E-state index is 5.21. The zero-order valence-corrected chi connectivity index (χ0v) is 17.0. The predicted octanol–water partition coefficient (Wildman–Crippen LogP) is 3.82. The number of methoxy groups -OCH3 is 1. The monoisotopic (exact) mass is 391 g/mol. The Labute approximate surface area is 168 Å². The van der Waals surface area contributed by atoms with Crippen molar-refractivity contribution >= 4 is 28.3 Å². The molecule has 1 N–H and O–H groups in total. The molecule has 0 saturated heterocycles. The third-order valence-electron chi connectivity index (χ3n) is 5.90. The van der Waals surface area contributed by atoms with Crippen molar-refractivity contribution in [3.05, 3.63) is 42.1 Å². The summed E-state index contributed by atoms with van der Waals surface area (Å²) in [6, 6.07) is 2.45. The van der Waals surface area contributed by atoms with E-state index >= 15 is 0 Å². The Hall–Kier alpha value is -3.00. The van der Waals surface area contributed by atoms with Crippen LogP contribution in [0, 0.1) is 19.8 Å². The van der Waals surface area contributed by atoms with Crippen molar-refractivity contribution in [1.82, 2.24) is 29.1 Å². The van der Waals surface area contributed by atoms with Crippen LogP contribution in [0.2, 0.25) is 0 Å². The smallest absolute Gasteiger partial charge is 0.229 e. The largest absolute Gasteiger partial charge is 0.385 e. The Bertz CT molecular complexity index is 1170. The van der Waals surface area contributed by atoms with Gasteiger partial charge < -0.3 is 14.5 Å². The molecule has 0 bridgehead atoms. The number of imidazole rings is 1. The molecule has 150 valence electrons. The van der Waals surface area contributed by atoms with E-state index in [1.165, 1.54) is 0 Å². The lowest BCUT2D eigenvalue weighted by Gasteiger charge is -2.35. The topological polar surface area (TPSA) is 82.2 Å². The zero-order chi connectivity index (χ0) is 20.0. The van der Waals surface area contributed by atoms with Gasteiger partial charge in [0.2, 0.25) is 5.95 Å². The Morgan fingerprint density at radius 1 is 1.24 bits per heavy atom. The Morgan fingerprint density at radius 3 is 2.93 bits per heavy atom. The van der Waals surface area contributed by atoms with Crippen molar-refractivity contribution in [3.63, 3.8) is 0 Å². The van der Waals surface area contributed by atoms with Crippen LogP contribution in [-0.2, 0) is 4.74 Å². The first-order valence-electron chi connectivity index (χ1n) is 10.0. The second-order valence-electron chi connectivity index (χ2n) is 7.92. The van der Waals surface area contributed by atoms with Crippen LogP contribution in [0.4, 0.5) is 11.6 Å². The molecule has 29 heavy (non-hydrogen) atoms. The number of nitrogens with one attached hydrogen (secondary N) is 1. The number of rotatable bonds is 6. The molecule has 4 aromatic rings. The van der Waals surface area contributed by atoms with E-state index in [0.29, 0.717) is 17.9 Å². The lowest BCUT2D eigenvalue weighted by atomic mass is 9.78. The molecule has 5 rings (SSSR count). The van der Waals surface area contributed by atoms with E-state index in [-0.39, 0.29) is 0 Å². The van der Waals surface area contributed by atoms with E-state index in [4.69, 9.17) is 14.8 Å². The number of ether oxygens (including phenoxy) is 1. The fourth-order valence-corrected chi connectivity index (χ4v) is 4.11. The first kappa shape index (κ1) is 18.1. The van der Waals surface area contributed by atoms with E-state index in [1.54, 1.807) is 13.3 Å². The molecule has 0 amide bonds. The lowest BCUT2D eigenvalue weighted by molar-refractivity contribution is 0.119. The minimum Gasteiger partial charge on any atom is -0.385 e. The molecule has 0 radical (unpaired) electrons. The van der Waals surface area contributed by atoms with Crippen molar-refractivity contribution in [2.24, 2.45) is 5.92 Å². The SMILES string of the molecule is COCCC1CC(n2nc(C)c3cnc(Nc4cn5ccnc5cc4C)nc32)C1. The molecule has 0 spiro atoms. The maximum Gasteiger partial charge on any atom is 0.229 e. The van der Waals surface area contributed by atoms with Gasteiger partial charge in [-0.2, -0.15) is 10.1 Å². The third kappa shape index (κ3) is 3.23. The van der Waals surface area contributed by atoms with Gasteiger partial charge in [-0.3, -0.25) is 0 Å². The minimum atomic E-state index is 0.403. The molecule has 0 aliphatic heterocycles. The highest BCUT2D eigenvalue weighted by molar-refractivity contribution is 5.79. The molecule has 8 nitrogen and oxygen atoms in total. The molecular formula is C21H25N7O. The Morgan fingerprint density at radius 2 is 2.10 bits per heavy atom. The van der Waals surface area contributed by atoms with E-state index in [1.807, 2.05) is 36.0 Å². The van der Waals surface area contributed by atoms with Gasteiger partial charge in [0.15, 0.2) is 5.65 Å². The maximum atomic E-state index is 5.21. The van der Waals surface area contributed by atoms with Gasteiger partial charge in [0.1, 0.15) is 5.65 Å². The number of anilines is 2. The summed E-state index contributed by atoms with van der Waals surface area (Å²) in [6.07, 6.45) is 11.0. The molecule has 0 aromatic carbocycles. The lowest BCUT2D eigenvalue weighted by Crippen LogP contribution is -2.28. The second-order valence-corrected chi connectivity index (χ2v) is 7.92. The Balaban J connectivity index is 1.43. The molecule has 0 unspecified atom stereocenters. The number of aromatic nitrogens is 6. The van der Waals surface area contributed by atoms with Crippen LogP contribution in [0.25, 0.3) is 16.7 Å². The fourth-order valence-electron chi connectivity index (χ4n) is 4.11. The van der Waals surface area contributed by atoms with E-state index in [9.17, 15) is 0 Å². The number of hydrogen-bond acceptors (Lipinski definition) is 6. The summed E-state index contributed by atoms with van der Waals surface area (Å²) in [7, 11) is 1.76. The molecule has 4 aromatic heterocycles. The van der Waals surface area contributed by atoms with E-state index < -0.39 is 0 Å². The van der Waals surface area contributed by atoms with Crippen LogP contribution in [0.3, 0.4) is 0 Å². The summed E-state index contributed by atoms with van der Waals surface area (Å²) in [5, 5.41) is 9.15. The summed E-state index contributed by atoms with van der Waals surface area (Å²) < 4.78 is 9.28. The summed E-state index contributed by atoms with van der Waals surface area (Å²) >= 11 is 0. The number of fused-ring (bicyclic) bond motifs is 2. The second kappa shape index (κ2) is 7.11. The molecule has 8 heteroatoms. The summed E-state index contributed by atoms with van der Waals surface area (Å²) in [6.45, 7) is 4.90. The molecular weight excluding hydrogens is 366 g/mol. The molecule has 1 fully saturated rings. The molecule has 1 aliphatic carbocycles. The van der Waals surface area contributed by atoms with Gasteiger partial charge >= 0.3 is 0 Å². The third-order valence-corrected chi connectivity index (χ3v) is 5.90. The van der Waals surface area contributed by atoms with Gasteiger partial charge in [0.25, 0.3) is 0 Å². The zero-order valence-electron chi connectivity index (χ0n) is 17.0. The van der Waals surface area contributed by atoms with Gasteiger partial charge in [0.05, 0.1) is 22.8 Å². The van der Waals surface area contributed by atoms with Crippen LogP contribution >= 0.6 is 0 Å². The highest BCUT2D eigenvalue weighted by atomic mass is 16.5. The van der Waals surface area contributed by atoms with Crippen LogP contribution in [0.1, 0.15) is 36.6 Å². The first-order chi connectivity index (χ1) is 14.1. The predicted molar refractivity (Wildman–Crippen MR) is 112 cm³/mol. The number of pyridine rings is 1. The average molecular weight is 391 g/mol.